The molecule has 5 heteroatoms. The largest absolute Gasteiger partial charge is 0.298 e. The first-order chi connectivity index (χ1) is 8.63. The van der Waals surface area contributed by atoms with E-state index < -0.39 is 0 Å². The third kappa shape index (κ3) is 2.61. The quantitative estimate of drug-likeness (QED) is 0.578. The lowest BCUT2D eigenvalue weighted by molar-refractivity contribution is -0.143. The first kappa shape index (κ1) is 13.2. The van der Waals surface area contributed by atoms with Crippen molar-refractivity contribution >= 4 is 17.6 Å². The first-order valence-corrected chi connectivity index (χ1v) is 6.75. The lowest BCUT2D eigenvalue weighted by atomic mass is 10.00. The Balaban J connectivity index is 2.19. The van der Waals surface area contributed by atoms with E-state index in [1.165, 1.54) is 0 Å². The van der Waals surface area contributed by atoms with Gasteiger partial charge >= 0.3 is 0 Å². The summed E-state index contributed by atoms with van der Waals surface area (Å²) in [7, 11) is 0. The number of nitrogens with zero attached hydrogens (tertiary/aromatic N) is 1. The van der Waals surface area contributed by atoms with Crippen molar-refractivity contribution in [1.82, 2.24) is 10.2 Å². The number of hydrogen-bond donors (Lipinski definition) is 1. The molecule has 100 valence electrons. The second-order valence-electron chi connectivity index (χ2n) is 5.09. The predicted octanol–water partition coefficient (Wildman–Crippen LogP) is 0.625. The fourth-order valence-corrected chi connectivity index (χ4v) is 2.93. The van der Waals surface area contributed by atoms with Crippen LogP contribution in [0.2, 0.25) is 0 Å². The van der Waals surface area contributed by atoms with Gasteiger partial charge in [-0.2, -0.15) is 0 Å². The molecule has 2 fully saturated rings. The van der Waals surface area contributed by atoms with Gasteiger partial charge in [-0.1, -0.05) is 19.8 Å². The van der Waals surface area contributed by atoms with Crippen molar-refractivity contribution in [3.05, 3.63) is 0 Å². The number of hydrogen-bond acceptors (Lipinski definition) is 4. The number of rotatable bonds is 2. The van der Waals surface area contributed by atoms with Crippen LogP contribution in [-0.2, 0) is 14.4 Å². The molecule has 1 aliphatic heterocycles. The molecule has 5 nitrogen and oxygen atoms in total. The van der Waals surface area contributed by atoms with E-state index in [1.54, 1.807) is 0 Å². The zero-order chi connectivity index (χ0) is 13.1. The smallest absolute Gasteiger partial charge is 0.243 e. The summed E-state index contributed by atoms with van der Waals surface area (Å²) in [5, 5.41) is 2.35. The summed E-state index contributed by atoms with van der Waals surface area (Å²) in [5.74, 6) is -0.360. The average molecular weight is 252 g/mol. The summed E-state index contributed by atoms with van der Waals surface area (Å²) in [4.78, 5) is 37.2. The number of imide groups is 1. The highest BCUT2D eigenvalue weighted by Gasteiger charge is 2.39. The number of ketones is 1. The molecule has 0 aromatic heterocycles. The minimum absolute atomic E-state index is 0.167. The third-order valence-electron chi connectivity index (χ3n) is 3.85. The van der Waals surface area contributed by atoms with Gasteiger partial charge in [0.1, 0.15) is 5.78 Å². The zero-order valence-corrected chi connectivity index (χ0v) is 10.8. The molecule has 1 heterocycles. The van der Waals surface area contributed by atoms with Crippen LogP contribution in [0.15, 0.2) is 0 Å². The molecule has 2 atom stereocenters. The van der Waals surface area contributed by atoms with E-state index in [-0.39, 0.29) is 36.2 Å². The molecule has 0 bridgehead atoms. The number of piperazine rings is 1. The summed E-state index contributed by atoms with van der Waals surface area (Å²) >= 11 is 0. The van der Waals surface area contributed by atoms with Gasteiger partial charge in [-0.25, -0.2) is 0 Å². The molecule has 1 saturated carbocycles. The topological polar surface area (TPSA) is 66.5 Å². The van der Waals surface area contributed by atoms with Gasteiger partial charge in [0, 0.05) is 6.42 Å². The Morgan fingerprint density at radius 3 is 2.72 bits per heavy atom. The van der Waals surface area contributed by atoms with Gasteiger partial charge < -0.3 is 0 Å². The molecule has 0 aromatic carbocycles. The maximum Gasteiger partial charge on any atom is 0.243 e. The third-order valence-corrected chi connectivity index (χ3v) is 3.85. The first-order valence-electron chi connectivity index (χ1n) is 6.75. The minimum atomic E-state index is -0.338. The molecule has 0 spiro atoms. The van der Waals surface area contributed by atoms with Crippen LogP contribution >= 0.6 is 0 Å². The molecule has 2 aliphatic rings. The van der Waals surface area contributed by atoms with E-state index in [0.29, 0.717) is 12.8 Å². The van der Waals surface area contributed by atoms with Crippen molar-refractivity contribution in [2.75, 3.05) is 6.54 Å². The Bertz CT molecular complexity index is 367. The number of carbonyl (C=O) groups is 3. The van der Waals surface area contributed by atoms with Gasteiger partial charge in [0.15, 0.2) is 0 Å². The summed E-state index contributed by atoms with van der Waals surface area (Å²) in [6, 6.07) is -0.581. The van der Waals surface area contributed by atoms with Gasteiger partial charge in [0.25, 0.3) is 0 Å². The molecule has 0 aromatic rings. The molecule has 18 heavy (non-hydrogen) atoms. The molecule has 0 radical (unpaired) electrons. The van der Waals surface area contributed by atoms with Crippen LogP contribution in [0.1, 0.15) is 45.4 Å². The zero-order valence-electron chi connectivity index (χ0n) is 10.8. The Morgan fingerprint density at radius 2 is 2.00 bits per heavy atom. The van der Waals surface area contributed by atoms with Crippen LogP contribution in [0.25, 0.3) is 0 Å². The minimum Gasteiger partial charge on any atom is -0.298 e. The fraction of sp³-hybridized carbons (Fsp3) is 0.769. The highest BCUT2D eigenvalue weighted by Crippen LogP contribution is 2.23. The normalized spacial score (nSPS) is 31.1. The second kappa shape index (κ2) is 5.61. The van der Waals surface area contributed by atoms with Gasteiger partial charge in [-0.3, -0.25) is 24.6 Å². The van der Waals surface area contributed by atoms with E-state index in [4.69, 9.17) is 0 Å². The van der Waals surface area contributed by atoms with Crippen molar-refractivity contribution in [2.45, 2.75) is 57.5 Å². The van der Waals surface area contributed by atoms with Crippen molar-refractivity contribution in [1.29, 1.82) is 0 Å². The number of nitrogens with one attached hydrogen (secondary N) is 1. The van der Waals surface area contributed by atoms with E-state index in [9.17, 15) is 14.4 Å². The highest BCUT2D eigenvalue weighted by atomic mass is 16.2. The van der Waals surface area contributed by atoms with Crippen LogP contribution in [0.3, 0.4) is 0 Å². The van der Waals surface area contributed by atoms with Crippen LogP contribution in [0, 0.1) is 0 Å². The molecule has 2 amide bonds. The number of amides is 2. The van der Waals surface area contributed by atoms with Crippen molar-refractivity contribution in [2.24, 2.45) is 0 Å². The lowest BCUT2D eigenvalue weighted by Crippen LogP contribution is -2.62. The molecule has 1 aliphatic carbocycles. The number of Topliss-reactive ketones (excluding diaryl/α,β-unsaturated/α-hetero) is 1. The van der Waals surface area contributed by atoms with E-state index >= 15 is 0 Å². The molecular formula is C13H20N2O3. The Morgan fingerprint density at radius 1 is 1.22 bits per heavy atom. The molecule has 1 N–H and O–H groups in total. The van der Waals surface area contributed by atoms with Crippen molar-refractivity contribution < 1.29 is 14.4 Å². The van der Waals surface area contributed by atoms with Crippen LogP contribution in [0.5, 0.6) is 0 Å². The van der Waals surface area contributed by atoms with Gasteiger partial charge in [-0.05, 0) is 19.3 Å². The summed E-state index contributed by atoms with van der Waals surface area (Å²) in [6.45, 7) is 2.08. The van der Waals surface area contributed by atoms with Gasteiger partial charge in [0.05, 0.1) is 18.6 Å². The van der Waals surface area contributed by atoms with Crippen molar-refractivity contribution in [3.8, 4) is 0 Å². The molecular weight excluding hydrogens is 232 g/mol. The van der Waals surface area contributed by atoms with E-state index in [2.05, 4.69) is 5.32 Å². The number of carbonyl (C=O) groups excluding carboxylic acids is 3. The van der Waals surface area contributed by atoms with Gasteiger partial charge in [0.2, 0.25) is 11.8 Å². The van der Waals surface area contributed by atoms with E-state index in [0.717, 1.165) is 25.7 Å². The summed E-state index contributed by atoms with van der Waals surface area (Å²) in [6.07, 6.45) is 4.97. The summed E-state index contributed by atoms with van der Waals surface area (Å²) < 4.78 is 0. The summed E-state index contributed by atoms with van der Waals surface area (Å²) in [5.41, 5.74) is 0. The molecule has 2 unspecified atom stereocenters. The van der Waals surface area contributed by atoms with Crippen molar-refractivity contribution in [3.63, 3.8) is 0 Å². The van der Waals surface area contributed by atoms with E-state index in [1.807, 2.05) is 11.8 Å². The Kier molecular flexibility index (Phi) is 4.11. The maximum absolute atomic E-state index is 12.1. The second-order valence-corrected chi connectivity index (χ2v) is 5.09. The molecule has 1 saturated heterocycles. The van der Waals surface area contributed by atoms with Crippen LogP contribution in [0.4, 0.5) is 0 Å². The van der Waals surface area contributed by atoms with Gasteiger partial charge in [-0.15, -0.1) is 0 Å². The average Bonchev–Trinajstić information content (AvgIpc) is 2.53. The Labute approximate surface area is 107 Å². The molecule has 2 rings (SSSR count). The lowest BCUT2D eigenvalue weighted by Gasteiger charge is -2.38. The highest BCUT2D eigenvalue weighted by molar-refractivity contribution is 6.01. The van der Waals surface area contributed by atoms with Crippen LogP contribution < -0.4 is 5.32 Å². The van der Waals surface area contributed by atoms with Crippen LogP contribution in [-0.4, -0.2) is 41.1 Å². The SMILES string of the molecule is CCC1C(=O)NC(=O)CN1C1CCCCCC1=O. The standard InChI is InChI=1S/C13H20N2O3/c1-2-9-13(18)14-12(17)8-15(9)10-6-4-3-5-7-11(10)16/h9-10H,2-8H2,1H3,(H,14,17,18). The monoisotopic (exact) mass is 252 g/mol. The maximum atomic E-state index is 12.1. The fourth-order valence-electron chi connectivity index (χ4n) is 2.93. The Hall–Kier alpha value is -1.23. The predicted molar refractivity (Wildman–Crippen MR) is 65.8 cm³/mol.